The van der Waals surface area contributed by atoms with Gasteiger partial charge in [-0.25, -0.2) is 0 Å². The standard InChI is InChI=1S/C12H19NO/c1-2-3-8-13-9-4-6-11(13)12-7-5-10-14-12/h5,7,10-11H,2-4,6,8-9H2,1H3/t11-/m0/s1. The average Bonchev–Trinajstić information content (AvgIpc) is 2.84. The first-order valence-corrected chi connectivity index (χ1v) is 5.69. The van der Waals surface area contributed by atoms with Crippen LogP contribution >= 0.6 is 0 Å². The molecule has 2 nitrogen and oxygen atoms in total. The van der Waals surface area contributed by atoms with Gasteiger partial charge in [-0.15, -0.1) is 0 Å². The summed E-state index contributed by atoms with van der Waals surface area (Å²) in [5, 5.41) is 0. The first kappa shape index (κ1) is 9.78. The van der Waals surface area contributed by atoms with Gasteiger partial charge in [0.1, 0.15) is 5.76 Å². The molecule has 1 fully saturated rings. The molecule has 1 atom stereocenters. The highest BCUT2D eigenvalue weighted by Crippen LogP contribution is 2.31. The van der Waals surface area contributed by atoms with Crippen molar-refractivity contribution in [1.82, 2.24) is 4.90 Å². The Morgan fingerprint density at radius 3 is 3.21 bits per heavy atom. The molecule has 2 heteroatoms. The van der Waals surface area contributed by atoms with Gasteiger partial charge in [-0.05, 0) is 44.5 Å². The molecule has 0 N–H and O–H groups in total. The van der Waals surface area contributed by atoms with E-state index in [1.165, 1.54) is 38.8 Å². The Bertz CT molecular complexity index is 255. The lowest BCUT2D eigenvalue weighted by Crippen LogP contribution is -2.23. The van der Waals surface area contributed by atoms with E-state index in [2.05, 4.69) is 17.9 Å². The van der Waals surface area contributed by atoms with Crippen LogP contribution in [0.1, 0.15) is 44.4 Å². The van der Waals surface area contributed by atoms with Crippen LogP contribution in [0.25, 0.3) is 0 Å². The third kappa shape index (κ3) is 2.01. The van der Waals surface area contributed by atoms with Crippen molar-refractivity contribution in [1.29, 1.82) is 0 Å². The van der Waals surface area contributed by atoms with Crippen LogP contribution in [0.3, 0.4) is 0 Å². The Hall–Kier alpha value is -0.760. The van der Waals surface area contributed by atoms with E-state index in [9.17, 15) is 0 Å². The van der Waals surface area contributed by atoms with E-state index in [1.54, 1.807) is 6.26 Å². The van der Waals surface area contributed by atoms with Crippen molar-refractivity contribution in [3.05, 3.63) is 24.2 Å². The van der Waals surface area contributed by atoms with E-state index in [1.807, 2.05) is 6.07 Å². The minimum atomic E-state index is 0.552. The van der Waals surface area contributed by atoms with Crippen molar-refractivity contribution in [3.8, 4) is 0 Å². The summed E-state index contributed by atoms with van der Waals surface area (Å²) in [5.41, 5.74) is 0. The SMILES string of the molecule is CCCCN1CCC[C@H]1c1ccco1. The highest BCUT2D eigenvalue weighted by molar-refractivity contribution is 5.06. The van der Waals surface area contributed by atoms with Crippen molar-refractivity contribution in [2.24, 2.45) is 0 Å². The maximum Gasteiger partial charge on any atom is 0.120 e. The van der Waals surface area contributed by atoms with Crippen molar-refractivity contribution in [2.75, 3.05) is 13.1 Å². The van der Waals surface area contributed by atoms with E-state index in [-0.39, 0.29) is 0 Å². The van der Waals surface area contributed by atoms with E-state index < -0.39 is 0 Å². The minimum absolute atomic E-state index is 0.552. The number of hydrogen-bond acceptors (Lipinski definition) is 2. The lowest BCUT2D eigenvalue weighted by molar-refractivity contribution is 0.225. The molecule has 0 aromatic carbocycles. The molecule has 14 heavy (non-hydrogen) atoms. The van der Waals surface area contributed by atoms with E-state index in [0.29, 0.717) is 6.04 Å². The second-order valence-corrected chi connectivity index (χ2v) is 4.06. The first-order valence-electron chi connectivity index (χ1n) is 5.69. The van der Waals surface area contributed by atoms with Crippen molar-refractivity contribution >= 4 is 0 Å². The predicted molar refractivity (Wildman–Crippen MR) is 57.2 cm³/mol. The fourth-order valence-corrected chi connectivity index (χ4v) is 2.26. The Morgan fingerprint density at radius 1 is 1.57 bits per heavy atom. The molecule has 1 aliphatic rings. The van der Waals surface area contributed by atoms with E-state index >= 15 is 0 Å². The van der Waals surface area contributed by atoms with Crippen molar-refractivity contribution in [3.63, 3.8) is 0 Å². The smallest absolute Gasteiger partial charge is 0.120 e. The maximum absolute atomic E-state index is 5.49. The molecule has 2 rings (SSSR count). The van der Waals surface area contributed by atoms with Crippen LogP contribution in [-0.4, -0.2) is 18.0 Å². The quantitative estimate of drug-likeness (QED) is 0.730. The Kier molecular flexibility index (Phi) is 3.25. The Balaban J connectivity index is 1.97. The third-order valence-electron chi connectivity index (χ3n) is 3.03. The third-order valence-corrected chi connectivity index (χ3v) is 3.03. The van der Waals surface area contributed by atoms with Crippen LogP contribution in [0.5, 0.6) is 0 Å². The number of rotatable bonds is 4. The van der Waals surface area contributed by atoms with Gasteiger partial charge in [0.25, 0.3) is 0 Å². The van der Waals surface area contributed by atoms with Gasteiger partial charge in [0.05, 0.1) is 12.3 Å². The molecule has 1 saturated heterocycles. The zero-order valence-corrected chi connectivity index (χ0v) is 8.91. The Labute approximate surface area is 85.9 Å². The summed E-state index contributed by atoms with van der Waals surface area (Å²) in [6.07, 6.45) is 6.94. The van der Waals surface area contributed by atoms with Gasteiger partial charge in [0.2, 0.25) is 0 Å². The minimum Gasteiger partial charge on any atom is -0.468 e. The zero-order chi connectivity index (χ0) is 9.80. The summed E-state index contributed by atoms with van der Waals surface area (Å²) in [6, 6.07) is 4.65. The molecule has 1 aliphatic heterocycles. The predicted octanol–water partition coefficient (Wildman–Crippen LogP) is 3.22. The number of likely N-dealkylation sites (tertiary alicyclic amines) is 1. The summed E-state index contributed by atoms with van der Waals surface area (Å²) in [5.74, 6) is 1.15. The Morgan fingerprint density at radius 2 is 2.50 bits per heavy atom. The van der Waals surface area contributed by atoms with Crippen LogP contribution in [0.15, 0.2) is 22.8 Å². The molecule has 1 aromatic rings. The maximum atomic E-state index is 5.49. The number of unbranched alkanes of at least 4 members (excludes halogenated alkanes) is 1. The van der Waals surface area contributed by atoms with Crippen molar-refractivity contribution in [2.45, 2.75) is 38.6 Å². The molecule has 0 spiro atoms. The van der Waals surface area contributed by atoms with Crippen LogP contribution in [0.2, 0.25) is 0 Å². The van der Waals surface area contributed by atoms with Gasteiger partial charge in [-0.1, -0.05) is 13.3 Å². The van der Waals surface area contributed by atoms with Crippen LogP contribution in [0.4, 0.5) is 0 Å². The summed E-state index contributed by atoms with van der Waals surface area (Å²) in [7, 11) is 0. The molecular formula is C12H19NO. The molecule has 0 bridgehead atoms. The fraction of sp³-hybridized carbons (Fsp3) is 0.667. The summed E-state index contributed by atoms with van der Waals surface area (Å²) >= 11 is 0. The topological polar surface area (TPSA) is 16.4 Å². The van der Waals surface area contributed by atoms with E-state index in [4.69, 9.17) is 4.42 Å². The highest BCUT2D eigenvalue weighted by atomic mass is 16.3. The largest absolute Gasteiger partial charge is 0.468 e. The molecule has 2 heterocycles. The fourth-order valence-electron chi connectivity index (χ4n) is 2.26. The van der Waals surface area contributed by atoms with Crippen LogP contribution in [0, 0.1) is 0 Å². The summed E-state index contributed by atoms with van der Waals surface area (Å²) in [6.45, 7) is 4.71. The normalized spacial score (nSPS) is 23.1. The lowest BCUT2D eigenvalue weighted by Gasteiger charge is -2.22. The zero-order valence-electron chi connectivity index (χ0n) is 8.91. The molecule has 0 aliphatic carbocycles. The molecule has 0 unspecified atom stereocenters. The number of nitrogens with zero attached hydrogens (tertiary/aromatic N) is 1. The number of furan rings is 1. The lowest BCUT2D eigenvalue weighted by atomic mass is 10.1. The van der Waals surface area contributed by atoms with Gasteiger partial charge >= 0.3 is 0 Å². The first-order chi connectivity index (χ1) is 6.92. The molecule has 0 radical (unpaired) electrons. The second-order valence-electron chi connectivity index (χ2n) is 4.06. The van der Waals surface area contributed by atoms with Gasteiger partial charge in [0, 0.05) is 0 Å². The van der Waals surface area contributed by atoms with Gasteiger partial charge in [-0.3, -0.25) is 4.90 Å². The second kappa shape index (κ2) is 4.65. The highest BCUT2D eigenvalue weighted by Gasteiger charge is 2.26. The summed E-state index contributed by atoms with van der Waals surface area (Å²) in [4.78, 5) is 2.56. The average molecular weight is 193 g/mol. The van der Waals surface area contributed by atoms with Crippen LogP contribution in [-0.2, 0) is 0 Å². The van der Waals surface area contributed by atoms with Gasteiger partial charge in [-0.2, -0.15) is 0 Å². The molecule has 0 saturated carbocycles. The number of hydrogen-bond donors (Lipinski definition) is 0. The molecule has 0 amide bonds. The van der Waals surface area contributed by atoms with Gasteiger partial charge in [0.15, 0.2) is 0 Å². The van der Waals surface area contributed by atoms with Crippen LogP contribution < -0.4 is 0 Å². The molecule has 78 valence electrons. The summed E-state index contributed by atoms with van der Waals surface area (Å²) < 4.78 is 5.49. The van der Waals surface area contributed by atoms with Crippen molar-refractivity contribution < 1.29 is 4.42 Å². The molecular weight excluding hydrogens is 174 g/mol. The van der Waals surface area contributed by atoms with E-state index in [0.717, 1.165) is 5.76 Å². The molecule has 1 aromatic heterocycles. The monoisotopic (exact) mass is 193 g/mol. The van der Waals surface area contributed by atoms with Gasteiger partial charge < -0.3 is 4.42 Å².